The van der Waals surface area contributed by atoms with Crippen LogP contribution in [0.3, 0.4) is 0 Å². The molecule has 0 saturated heterocycles. The number of fused-ring (bicyclic) bond motifs is 2. The lowest BCUT2D eigenvalue weighted by molar-refractivity contribution is -0.120. The first-order chi connectivity index (χ1) is 20.1. The number of hydrogen-bond donors (Lipinski definition) is 2. The second-order valence-corrected chi connectivity index (χ2v) is 10.9. The van der Waals surface area contributed by atoms with E-state index in [0.29, 0.717) is 48.2 Å². The van der Waals surface area contributed by atoms with Crippen LogP contribution in [-0.2, 0) is 4.79 Å². The lowest BCUT2D eigenvalue weighted by Gasteiger charge is -2.16. The van der Waals surface area contributed by atoms with E-state index in [0.717, 1.165) is 15.8 Å². The van der Waals surface area contributed by atoms with E-state index in [1.807, 2.05) is 33.8 Å². The van der Waals surface area contributed by atoms with Gasteiger partial charge in [-0.05, 0) is 47.1 Å². The lowest BCUT2D eigenvalue weighted by Crippen LogP contribution is -2.23. The maximum absolute atomic E-state index is 14.4. The Morgan fingerprint density at radius 3 is 2.14 bits per heavy atom. The molecule has 0 unspecified atom stereocenters. The van der Waals surface area contributed by atoms with Gasteiger partial charge in [0.15, 0.2) is 0 Å². The highest BCUT2D eigenvalue weighted by Gasteiger charge is 2.27. The molecule has 0 bridgehead atoms. The summed E-state index contributed by atoms with van der Waals surface area (Å²) in [6.07, 6.45) is 2.51. The normalized spacial score (nSPS) is 14.8. The first-order valence-corrected chi connectivity index (χ1v) is 13.8. The predicted octanol–water partition coefficient (Wildman–Crippen LogP) is 5.75. The summed E-state index contributed by atoms with van der Waals surface area (Å²) in [4.78, 5) is 15.8. The molecule has 3 heterocycles. The molecule has 0 amide bonds. The molecule has 42 heavy (non-hydrogen) atoms. The Morgan fingerprint density at radius 1 is 0.976 bits per heavy atom. The van der Waals surface area contributed by atoms with E-state index < -0.39 is 5.82 Å². The van der Waals surface area contributed by atoms with Crippen LogP contribution in [0.4, 0.5) is 8.78 Å². The molecular weight excluding hydrogens is 546 g/mol. The molecule has 3 aromatic heterocycles. The van der Waals surface area contributed by atoms with Crippen molar-refractivity contribution in [3.05, 3.63) is 65.3 Å². The molecule has 1 aliphatic carbocycles. The minimum atomic E-state index is -0.450. The predicted molar refractivity (Wildman–Crippen MR) is 152 cm³/mol. The van der Waals surface area contributed by atoms with Gasteiger partial charge < -0.3 is 15.5 Å². The van der Waals surface area contributed by atoms with Crippen molar-refractivity contribution in [2.45, 2.75) is 71.1 Å². The molecular formula is C29H32F2N8O3. The van der Waals surface area contributed by atoms with Crippen LogP contribution < -0.4 is 5.73 Å². The van der Waals surface area contributed by atoms with Crippen LogP contribution in [0.2, 0.25) is 0 Å². The Kier molecular flexibility index (Phi) is 8.01. The third-order valence-electron chi connectivity index (χ3n) is 7.29. The Labute approximate surface area is 240 Å². The highest BCUT2D eigenvalue weighted by molar-refractivity contribution is 5.93. The molecule has 6 rings (SSSR count). The Balaban J connectivity index is 0.000000181. The average Bonchev–Trinajstić information content (AvgIpc) is 3.70. The zero-order valence-electron chi connectivity index (χ0n) is 23.8. The van der Waals surface area contributed by atoms with E-state index in [4.69, 9.17) is 15.5 Å². The Morgan fingerprint density at radius 2 is 1.55 bits per heavy atom. The van der Waals surface area contributed by atoms with Gasteiger partial charge in [-0.2, -0.15) is 24.5 Å². The molecule has 2 aromatic carbocycles. The molecule has 1 aliphatic rings. The highest BCUT2D eigenvalue weighted by Crippen LogP contribution is 2.32. The molecule has 1 saturated carbocycles. The number of carbonyl (C=O) groups is 1. The van der Waals surface area contributed by atoms with Crippen molar-refractivity contribution in [2.75, 3.05) is 0 Å². The number of oxime groups is 1. The number of carbonyl (C=O) groups excluding carboxylic acids is 1. The van der Waals surface area contributed by atoms with Gasteiger partial charge in [0.25, 0.3) is 11.9 Å². The third-order valence-corrected chi connectivity index (χ3v) is 7.29. The first kappa shape index (κ1) is 28.8. The summed E-state index contributed by atoms with van der Waals surface area (Å²) in [6.45, 7) is 7.92. The Hall–Kier alpha value is -4.68. The summed E-state index contributed by atoms with van der Waals surface area (Å²) in [7, 11) is 0. The fourth-order valence-corrected chi connectivity index (χ4v) is 5.17. The monoisotopic (exact) mass is 578 g/mol. The number of halogens is 2. The van der Waals surface area contributed by atoms with Crippen molar-refractivity contribution < 1.29 is 23.3 Å². The zero-order valence-corrected chi connectivity index (χ0v) is 23.8. The van der Waals surface area contributed by atoms with Gasteiger partial charge in [-0.1, -0.05) is 52.0 Å². The van der Waals surface area contributed by atoms with Crippen LogP contribution in [0.1, 0.15) is 88.4 Å². The van der Waals surface area contributed by atoms with Crippen LogP contribution in [0.15, 0.2) is 46.1 Å². The van der Waals surface area contributed by atoms with Gasteiger partial charge in [0, 0.05) is 29.5 Å². The van der Waals surface area contributed by atoms with Gasteiger partial charge >= 0.3 is 0 Å². The van der Waals surface area contributed by atoms with E-state index in [1.54, 1.807) is 18.2 Å². The fourth-order valence-electron chi connectivity index (χ4n) is 5.17. The molecule has 0 atom stereocenters. The molecule has 3 N–H and O–H groups in total. The number of ketones is 1. The number of nitrogens with two attached hydrogens (primary N) is 1. The van der Waals surface area contributed by atoms with Gasteiger partial charge in [0.2, 0.25) is 5.89 Å². The quantitative estimate of drug-likeness (QED) is 0.118. The first-order valence-electron chi connectivity index (χ1n) is 13.8. The fraction of sp³-hybridized carbons (Fsp3) is 0.379. The molecule has 1 fully saturated rings. The molecule has 5 aromatic rings. The topological polar surface area (TPSA) is 150 Å². The molecule has 0 spiro atoms. The van der Waals surface area contributed by atoms with Gasteiger partial charge in [0.1, 0.15) is 28.5 Å². The van der Waals surface area contributed by atoms with E-state index in [9.17, 15) is 13.6 Å². The summed E-state index contributed by atoms with van der Waals surface area (Å²) in [5.74, 6) is 0.260. The summed E-state index contributed by atoms with van der Waals surface area (Å²) in [5.41, 5.74) is 7.57. The average molecular weight is 579 g/mol. The summed E-state index contributed by atoms with van der Waals surface area (Å²) >= 11 is 0. The number of aromatic nitrogens is 6. The minimum Gasteiger partial charge on any atom is -0.408 e. The van der Waals surface area contributed by atoms with Crippen LogP contribution in [0, 0.1) is 11.6 Å². The van der Waals surface area contributed by atoms with Gasteiger partial charge in [0.05, 0.1) is 11.4 Å². The molecule has 220 valence electrons. The zero-order chi connectivity index (χ0) is 30.1. The third kappa shape index (κ3) is 5.33. The number of Topliss-reactive ketones (excluding diaryl/α,β-unsaturated/α-hetero) is 1. The number of rotatable bonds is 4. The van der Waals surface area contributed by atoms with Gasteiger partial charge in [-0.25, -0.2) is 8.78 Å². The standard InChI is InChI=1S/C18H19FN4O2.C11H13FN4O/c1-10(2)15-13-4-3-5-14(19)16(13)23(21-15)18-20-17(25-22-18)11-6-8-12(24)9-7-11;1-6(2)9-7-4-3-5-8(12)10(7)16(14-9)11(13)15-17/h3-5,10-11H,6-9H2,1-2H3;3-6,17H,1-2H3,(H2,13,15). The molecule has 0 aliphatic heterocycles. The van der Waals surface area contributed by atoms with E-state index in [-0.39, 0.29) is 46.8 Å². The second kappa shape index (κ2) is 11.7. The van der Waals surface area contributed by atoms with Crippen LogP contribution in [0.5, 0.6) is 0 Å². The minimum absolute atomic E-state index is 0.0789. The number of para-hydroxylation sites is 2. The maximum atomic E-state index is 14.4. The van der Waals surface area contributed by atoms with Crippen molar-refractivity contribution in [1.29, 1.82) is 0 Å². The highest BCUT2D eigenvalue weighted by atomic mass is 19.1. The smallest absolute Gasteiger partial charge is 0.291 e. The summed E-state index contributed by atoms with van der Waals surface area (Å²) < 4.78 is 36.1. The number of hydrogen-bond acceptors (Lipinski definition) is 8. The maximum Gasteiger partial charge on any atom is 0.291 e. The van der Waals surface area contributed by atoms with E-state index in [1.165, 1.54) is 16.8 Å². The lowest BCUT2D eigenvalue weighted by atomic mass is 9.88. The number of benzene rings is 2. The number of nitrogens with zero attached hydrogens (tertiary/aromatic N) is 7. The van der Waals surface area contributed by atoms with Crippen LogP contribution in [0.25, 0.3) is 27.8 Å². The van der Waals surface area contributed by atoms with Gasteiger partial charge in [-0.15, -0.1) is 0 Å². The Bertz CT molecular complexity index is 1780. The molecule has 13 heteroatoms. The largest absolute Gasteiger partial charge is 0.408 e. The van der Waals surface area contributed by atoms with Crippen LogP contribution in [-0.4, -0.2) is 46.7 Å². The summed E-state index contributed by atoms with van der Waals surface area (Å²) in [5, 5.41) is 25.7. The van der Waals surface area contributed by atoms with Crippen molar-refractivity contribution in [2.24, 2.45) is 10.9 Å². The molecule has 11 nitrogen and oxygen atoms in total. The van der Waals surface area contributed by atoms with E-state index in [2.05, 4.69) is 25.5 Å². The van der Waals surface area contributed by atoms with Crippen molar-refractivity contribution in [3.8, 4) is 5.95 Å². The van der Waals surface area contributed by atoms with Gasteiger partial charge in [-0.3, -0.25) is 4.79 Å². The van der Waals surface area contributed by atoms with Crippen molar-refractivity contribution >= 4 is 33.5 Å². The second-order valence-electron chi connectivity index (χ2n) is 10.9. The summed E-state index contributed by atoms with van der Waals surface area (Å²) in [6, 6.07) is 9.62. The van der Waals surface area contributed by atoms with Crippen molar-refractivity contribution in [3.63, 3.8) is 0 Å². The SMILES string of the molecule is CC(C)c1nn(-c2noc(C3CCC(=O)CC3)n2)c2c(F)cccc12.CC(C)c1nn(/C(N)=N/O)c2c(F)cccc12. The van der Waals surface area contributed by atoms with E-state index >= 15 is 0 Å². The van der Waals surface area contributed by atoms with Crippen LogP contribution >= 0.6 is 0 Å². The molecule has 0 radical (unpaired) electrons. The van der Waals surface area contributed by atoms with Crippen molar-refractivity contribution in [1.82, 2.24) is 29.7 Å².